The summed E-state index contributed by atoms with van der Waals surface area (Å²) in [4.78, 5) is 11.9. The molecule has 0 aromatic heterocycles. The van der Waals surface area contributed by atoms with Gasteiger partial charge in [0.15, 0.2) is 5.78 Å². The maximum Gasteiger partial charge on any atom is 0.163 e. The number of carbonyl (C=O) groups is 1. The van der Waals surface area contributed by atoms with Gasteiger partial charge in [0.1, 0.15) is 5.75 Å². The van der Waals surface area contributed by atoms with Crippen molar-refractivity contribution in [3.63, 3.8) is 0 Å². The number of hydrogen-bond acceptors (Lipinski definition) is 3. The summed E-state index contributed by atoms with van der Waals surface area (Å²) in [7, 11) is 0. The smallest absolute Gasteiger partial charge is 0.163 e. The van der Waals surface area contributed by atoms with Crippen molar-refractivity contribution >= 4 is 5.78 Å². The van der Waals surface area contributed by atoms with Gasteiger partial charge in [-0.2, -0.15) is 0 Å². The fourth-order valence-corrected chi connectivity index (χ4v) is 3.07. The lowest BCUT2D eigenvalue weighted by atomic mass is 9.90. The van der Waals surface area contributed by atoms with E-state index in [0.717, 1.165) is 43.6 Å². The van der Waals surface area contributed by atoms with Gasteiger partial charge < -0.3 is 9.47 Å². The van der Waals surface area contributed by atoms with Crippen LogP contribution in [-0.4, -0.2) is 25.1 Å². The maximum absolute atomic E-state index is 11.9. The van der Waals surface area contributed by atoms with E-state index in [-0.39, 0.29) is 5.78 Å². The van der Waals surface area contributed by atoms with Crippen molar-refractivity contribution < 1.29 is 14.3 Å². The van der Waals surface area contributed by atoms with Crippen molar-refractivity contribution in [3.05, 3.63) is 29.3 Å². The molecule has 0 amide bonds. The van der Waals surface area contributed by atoms with E-state index in [1.165, 1.54) is 18.4 Å². The first-order valence-corrected chi connectivity index (χ1v) is 7.73. The topological polar surface area (TPSA) is 35.5 Å². The van der Waals surface area contributed by atoms with Gasteiger partial charge in [-0.3, -0.25) is 4.79 Å². The second kappa shape index (κ2) is 6.40. The molecule has 1 fully saturated rings. The minimum atomic E-state index is 0.260. The van der Waals surface area contributed by atoms with E-state index in [0.29, 0.717) is 19.1 Å². The van der Waals surface area contributed by atoms with E-state index in [2.05, 4.69) is 0 Å². The number of ether oxygens (including phenoxy) is 2. The van der Waals surface area contributed by atoms with Crippen LogP contribution in [-0.2, 0) is 11.2 Å². The summed E-state index contributed by atoms with van der Waals surface area (Å²) in [5.41, 5.74) is 2.04. The summed E-state index contributed by atoms with van der Waals surface area (Å²) in [6.45, 7) is 1.62. The summed E-state index contributed by atoms with van der Waals surface area (Å²) in [5, 5.41) is 0. The molecule has 0 N–H and O–H groups in total. The molecule has 0 spiro atoms. The minimum absolute atomic E-state index is 0.260. The van der Waals surface area contributed by atoms with Gasteiger partial charge in [-0.05, 0) is 56.2 Å². The van der Waals surface area contributed by atoms with Gasteiger partial charge in [0.05, 0.1) is 12.7 Å². The van der Waals surface area contributed by atoms with E-state index in [1.54, 1.807) is 0 Å². The van der Waals surface area contributed by atoms with Crippen molar-refractivity contribution in [2.75, 3.05) is 13.2 Å². The van der Waals surface area contributed by atoms with Gasteiger partial charge in [-0.15, -0.1) is 0 Å². The van der Waals surface area contributed by atoms with Gasteiger partial charge in [-0.25, -0.2) is 0 Å². The number of benzene rings is 1. The van der Waals surface area contributed by atoms with Gasteiger partial charge in [0.25, 0.3) is 0 Å². The molecule has 1 aliphatic heterocycles. The average Bonchev–Trinajstić information content (AvgIpc) is 2.98. The number of aryl methyl sites for hydroxylation is 1. The molecule has 3 nitrogen and oxygen atoms in total. The van der Waals surface area contributed by atoms with Crippen LogP contribution in [0.3, 0.4) is 0 Å². The van der Waals surface area contributed by atoms with Gasteiger partial charge >= 0.3 is 0 Å². The molecular formula is C17H22O3. The van der Waals surface area contributed by atoms with Gasteiger partial charge in [-0.1, -0.05) is 6.07 Å². The van der Waals surface area contributed by atoms with Gasteiger partial charge in [0.2, 0.25) is 0 Å². The molecule has 108 valence electrons. The van der Waals surface area contributed by atoms with Crippen molar-refractivity contribution in [2.24, 2.45) is 0 Å². The monoisotopic (exact) mass is 274 g/mol. The molecule has 1 unspecified atom stereocenters. The Balaban J connectivity index is 1.50. The van der Waals surface area contributed by atoms with Crippen molar-refractivity contribution in [2.45, 2.75) is 51.0 Å². The normalized spacial score (nSPS) is 21.8. The highest BCUT2D eigenvalue weighted by atomic mass is 16.5. The number of ketones is 1. The lowest BCUT2D eigenvalue weighted by Gasteiger charge is -2.16. The molecule has 2 aliphatic rings. The van der Waals surface area contributed by atoms with Crippen LogP contribution in [0.4, 0.5) is 0 Å². The Morgan fingerprint density at radius 1 is 1.25 bits per heavy atom. The molecule has 20 heavy (non-hydrogen) atoms. The Hall–Kier alpha value is -1.35. The molecule has 1 aromatic rings. The lowest BCUT2D eigenvalue weighted by molar-refractivity contribution is 0.0971. The Kier molecular flexibility index (Phi) is 4.36. The zero-order valence-corrected chi connectivity index (χ0v) is 11.9. The quantitative estimate of drug-likeness (QED) is 0.770. The Morgan fingerprint density at radius 3 is 3.05 bits per heavy atom. The van der Waals surface area contributed by atoms with E-state index >= 15 is 0 Å². The molecular weight excluding hydrogens is 252 g/mol. The average molecular weight is 274 g/mol. The summed E-state index contributed by atoms with van der Waals surface area (Å²) < 4.78 is 11.4. The standard InChI is InChI=1S/C17H22O3/c18-17-7-1-4-13-8-9-15(12-16(13)17)20-11-3-6-14-5-2-10-19-14/h8-9,12,14H,1-7,10-11H2. The third-order valence-electron chi connectivity index (χ3n) is 4.19. The second-order valence-electron chi connectivity index (χ2n) is 5.72. The number of hydrogen-bond donors (Lipinski definition) is 0. The van der Waals surface area contributed by atoms with Crippen LogP contribution in [0.1, 0.15) is 54.4 Å². The molecule has 1 aromatic carbocycles. The Morgan fingerprint density at radius 2 is 2.20 bits per heavy atom. The molecule has 1 heterocycles. The zero-order valence-electron chi connectivity index (χ0n) is 11.9. The largest absolute Gasteiger partial charge is 0.494 e. The first-order chi connectivity index (χ1) is 9.83. The third-order valence-corrected chi connectivity index (χ3v) is 4.19. The molecule has 0 bridgehead atoms. The van der Waals surface area contributed by atoms with Crippen LogP contribution in [0.15, 0.2) is 18.2 Å². The summed E-state index contributed by atoms with van der Waals surface area (Å²) >= 11 is 0. The molecule has 3 heteroatoms. The predicted octanol–water partition coefficient (Wildman–Crippen LogP) is 3.54. The Labute approximate surface area is 120 Å². The summed E-state index contributed by atoms with van der Waals surface area (Å²) in [5.74, 6) is 1.09. The minimum Gasteiger partial charge on any atom is -0.494 e. The fraction of sp³-hybridized carbons (Fsp3) is 0.588. The number of fused-ring (bicyclic) bond motifs is 1. The van der Waals surface area contributed by atoms with E-state index in [1.807, 2.05) is 18.2 Å². The molecule has 1 atom stereocenters. The first-order valence-electron chi connectivity index (χ1n) is 7.73. The van der Waals surface area contributed by atoms with E-state index in [9.17, 15) is 4.79 Å². The highest BCUT2D eigenvalue weighted by molar-refractivity contribution is 5.98. The molecule has 0 saturated carbocycles. The second-order valence-corrected chi connectivity index (χ2v) is 5.72. The molecule has 0 radical (unpaired) electrons. The molecule has 3 rings (SSSR count). The number of carbonyl (C=O) groups excluding carboxylic acids is 1. The number of rotatable bonds is 5. The Bertz CT molecular complexity index is 475. The maximum atomic E-state index is 11.9. The van der Waals surface area contributed by atoms with E-state index < -0.39 is 0 Å². The van der Waals surface area contributed by atoms with Crippen LogP contribution in [0.2, 0.25) is 0 Å². The SMILES string of the molecule is O=C1CCCc2ccc(OCCCC3CCCO3)cc21. The predicted molar refractivity (Wildman–Crippen MR) is 77.4 cm³/mol. The summed E-state index contributed by atoms with van der Waals surface area (Å²) in [6.07, 6.45) is 7.57. The summed E-state index contributed by atoms with van der Waals surface area (Å²) in [6, 6.07) is 5.95. The van der Waals surface area contributed by atoms with Crippen molar-refractivity contribution in [1.29, 1.82) is 0 Å². The highest BCUT2D eigenvalue weighted by Gasteiger charge is 2.18. The van der Waals surface area contributed by atoms with E-state index in [4.69, 9.17) is 9.47 Å². The lowest BCUT2D eigenvalue weighted by Crippen LogP contribution is -2.11. The van der Waals surface area contributed by atoms with Crippen molar-refractivity contribution in [3.8, 4) is 5.75 Å². The van der Waals surface area contributed by atoms with Crippen molar-refractivity contribution in [1.82, 2.24) is 0 Å². The van der Waals surface area contributed by atoms with Crippen LogP contribution >= 0.6 is 0 Å². The van der Waals surface area contributed by atoms with Gasteiger partial charge in [0, 0.05) is 18.6 Å². The van der Waals surface area contributed by atoms with Crippen LogP contribution in [0.25, 0.3) is 0 Å². The zero-order chi connectivity index (χ0) is 13.8. The van der Waals surface area contributed by atoms with Crippen LogP contribution < -0.4 is 4.74 Å². The third kappa shape index (κ3) is 3.21. The van der Waals surface area contributed by atoms with Crippen LogP contribution in [0.5, 0.6) is 5.75 Å². The highest BCUT2D eigenvalue weighted by Crippen LogP contribution is 2.25. The molecule has 1 aliphatic carbocycles. The number of Topliss-reactive ketones (excluding diaryl/α,β-unsaturated/α-hetero) is 1. The first kappa shape index (κ1) is 13.6. The fourth-order valence-electron chi connectivity index (χ4n) is 3.07. The van der Waals surface area contributed by atoms with Crippen LogP contribution in [0, 0.1) is 0 Å². The molecule has 1 saturated heterocycles.